The van der Waals surface area contributed by atoms with Crippen LogP contribution in [0.5, 0.6) is 0 Å². The molecule has 190 valence electrons. The Labute approximate surface area is 221 Å². The molecule has 0 radical (unpaired) electrons. The topological polar surface area (TPSA) is 79.2 Å². The van der Waals surface area contributed by atoms with Crippen LogP contribution in [0, 0.1) is 0 Å². The average Bonchev–Trinajstić information content (AvgIpc) is 2.96. The van der Waals surface area contributed by atoms with Gasteiger partial charge >= 0.3 is 0 Å². The van der Waals surface area contributed by atoms with Gasteiger partial charge in [0.2, 0.25) is 0 Å². The van der Waals surface area contributed by atoms with Gasteiger partial charge in [0.05, 0.1) is 6.61 Å². The smallest absolute Gasteiger partial charge is 0.143 e. The zero-order valence-corrected chi connectivity index (χ0v) is 21.0. The van der Waals surface area contributed by atoms with Gasteiger partial charge in [-0.1, -0.05) is 121 Å². The van der Waals surface area contributed by atoms with Gasteiger partial charge in [0, 0.05) is 4.90 Å². The van der Waals surface area contributed by atoms with E-state index < -0.39 is 35.5 Å². The largest absolute Gasteiger partial charge is 0.387 e. The third-order valence-electron chi connectivity index (χ3n) is 6.67. The van der Waals surface area contributed by atoms with Gasteiger partial charge in [-0.15, -0.1) is 0 Å². The molecule has 0 amide bonds. The Bertz CT molecular complexity index is 1140. The summed E-state index contributed by atoms with van der Waals surface area (Å²) in [6.07, 6.45) is -4.81. The van der Waals surface area contributed by atoms with E-state index in [9.17, 15) is 15.3 Å². The molecule has 5 rings (SSSR count). The molecule has 4 aromatic rings. The predicted octanol–water partition coefficient (Wildman–Crippen LogP) is 4.60. The van der Waals surface area contributed by atoms with Crippen LogP contribution in [0.25, 0.3) is 0 Å². The fraction of sp³-hybridized carbons (Fsp3) is 0.226. The van der Waals surface area contributed by atoms with E-state index in [0.29, 0.717) is 0 Å². The highest BCUT2D eigenvalue weighted by Gasteiger charge is 2.46. The normalized spacial score (nSPS) is 24.0. The van der Waals surface area contributed by atoms with Crippen LogP contribution in [0.15, 0.2) is 126 Å². The molecule has 1 saturated heterocycles. The molecular weight excluding hydrogens is 484 g/mol. The van der Waals surface area contributed by atoms with Crippen LogP contribution >= 0.6 is 11.8 Å². The summed E-state index contributed by atoms with van der Waals surface area (Å²) in [6.45, 7) is -0.0184. The van der Waals surface area contributed by atoms with Gasteiger partial charge in [0.1, 0.15) is 35.5 Å². The van der Waals surface area contributed by atoms with Crippen molar-refractivity contribution in [3.8, 4) is 0 Å². The molecule has 1 fully saturated rings. The molecule has 1 heterocycles. The van der Waals surface area contributed by atoms with Crippen molar-refractivity contribution < 1.29 is 24.8 Å². The average molecular weight is 515 g/mol. The molecule has 0 saturated carbocycles. The summed E-state index contributed by atoms with van der Waals surface area (Å²) in [6, 6.07) is 39.3. The zero-order chi connectivity index (χ0) is 25.7. The Morgan fingerprint density at radius 1 is 0.595 bits per heavy atom. The molecule has 0 aromatic heterocycles. The van der Waals surface area contributed by atoms with Crippen molar-refractivity contribution in [1.82, 2.24) is 0 Å². The maximum absolute atomic E-state index is 10.9. The standard InChI is InChI=1S/C31H30O5S/c32-27-26(36-30(29(34)28(27)33)37-25-19-11-4-12-20-25)21-35-31(22-13-5-1-6-14-22,23-15-7-2-8-16-23)24-17-9-3-10-18-24/h1-20,26-30,32-34H,21H2/t26-,27+,28+,29-,30+/m1/s1. The lowest BCUT2D eigenvalue weighted by atomic mass is 9.80. The Balaban J connectivity index is 1.49. The zero-order valence-electron chi connectivity index (χ0n) is 20.2. The summed E-state index contributed by atoms with van der Waals surface area (Å²) < 4.78 is 13.0. The van der Waals surface area contributed by atoms with Crippen LogP contribution in [0.3, 0.4) is 0 Å². The molecule has 5 nitrogen and oxygen atoms in total. The summed E-state index contributed by atoms with van der Waals surface area (Å²) in [7, 11) is 0. The van der Waals surface area contributed by atoms with Gasteiger partial charge < -0.3 is 24.8 Å². The van der Waals surface area contributed by atoms with Crippen LogP contribution in [-0.4, -0.2) is 51.8 Å². The summed E-state index contributed by atoms with van der Waals surface area (Å²) in [5.74, 6) is 0. The molecular formula is C31H30O5S. The van der Waals surface area contributed by atoms with Crippen molar-refractivity contribution >= 4 is 11.8 Å². The van der Waals surface area contributed by atoms with Crippen molar-refractivity contribution in [1.29, 1.82) is 0 Å². The SMILES string of the molecule is O[C@H]1[C@@H](O)[C@@H](COC(c2ccccc2)(c2ccccc2)c2ccccc2)O[C@@H](Sc2ccccc2)[C@@H]1O. The van der Waals surface area contributed by atoms with Gasteiger partial charge in [-0.3, -0.25) is 0 Å². The number of rotatable bonds is 8. The van der Waals surface area contributed by atoms with E-state index in [4.69, 9.17) is 9.47 Å². The lowest BCUT2D eigenvalue weighted by molar-refractivity contribution is -0.216. The third kappa shape index (κ3) is 5.36. The molecule has 37 heavy (non-hydrogen) atoms. The monoisotopic (exact) mass is 514 g/mol. The highest BCUT2D eigenvalue weighted by Crippen LogP contribution is 2.41. The predicted molar refractivity (Wildman–Crippen MR) is 144 cm³/mol. The van der Waals surface area contributed by atoms with Crippen LogP contribution < -0.4 is 0 Å². The number of ether oxygens (including phenoxy) is 2. The van der Waals surface area contributed by atoms with Gasteiger partial charge in [-0.2, -0.15) is 0 Å². The van der Waals surface area contributed by atoms with Crippen LogP contribution in [-0.2, 0) is 15.1 Å². The summed E-state index contributed by atoms with van der Waals surface area (Å²) in [5, 5.41) is 32.2. The van der Waals surface area contributed by atoms with Crippen molar-refractivity contribution in [2.45, 2.75) is 40.3 Å². The first kappa shape index (κ1) is 25.7. The summed E-state index contributed by atoms with van der Waals surface area (Å²) in [4.78, 5) is 0.891. The minimum absolute atomic E-state index is 0.0184. The maximum Gasteiger partial charge on any atom is 0.143 e. The fourth-order valence-corrected chi connectivity index (χ4v) is 5.84. The lowest BCUT2D eigenvalue weighted by Gasteiger charge is -2.42. The highest BCUT2D eigenvalue weighted by molar-refractivity contribution is 7.99. The first-order valence-corrected chi connectivity index (χ1v) is 13.2. The Morgan fingerprint density at radius 2 is 1.03 bits per heavy atom. The number of benzene rings is 4. The highest BCUT2D eigenvalue weighted by atomic mass is 32.2. The minimum atomic E-state index is -1.37. The Kier molecular flexibility index (Phi) is 8.05. The number of thioether (sulfide) groups is 1. The molecule has 0 unspecified atom stereocenters. The van der Waals surface area contributed by atoms with Crippen LogP contribution in [0.2, 0.25) is 0 Å². The first-order chi connectivity index (χ1) is 18.1. The summed E-state index contributed by atoms with van der Waals surface area (Å²) >= 11 is 1.31. The van der Waals surface area contributed by atoms with E-state index in [0.717, 1.165) is 21.6 Å². The maximum atomic E-state index is 10.9. The van der Waals surface area contributed by atoms with Gasteiger partial charge in [0.15, 0.2) is 0 Å². The lowest BCUT2D eigenvalue weighted by Crippen LogP contribution is -2.58. The van der Waals surface area contributed by atoms with Gasteiger partial charge in [-0.25, -0.2) is 0 Å². The fourth-order valence-electron chi connectivity index (χ4n) is 4.76. The number of hydrogen-bond acceptors (Lipinski definition) is 6. The quantitative estimate of drug-likeness (QED) is 0.299. The van der Waals surface area contributed by atoms with Crippen molar-refractivity contribution in [2.75, 3.05) is 6.61 Å². The molecule has 0 spiro atoms. The van der Waals surface area contributed by atoms with Crippen molar-refractivity contribution in [3.63, 3.8) is 0 Å². The third-order valence-corrected chi connectivity index (χ3v) is 7.84. The van der Waals surface area contributed by atoms with Crippen LogP contribution in [0.4, 0.5) is 0 Å². The first-order valence-electron chi connectivity index (χ1n) is 12.3. The van der Waals surface area contributed by atoms with Gasteiger partial charge in [0.25, 0.3) is 0 Å². The van der Waals surface area contributed by atoms with E-state index in [1.54, 1.807) is 0 Å². The number of hydrogen-bond donors (Lipinski definition) is 3. The second-order valence-corrected chi connectivity index (χ2v) is 10.2. The molecule has 4 aromatic carbocycles. The summed E-state index contributed by atoms with van der Waals surface area (Å²) in [5.41, 5.74) is 1.01. The Hall–Kier alpha value is -2.97. The van der Waals surface area contributed by atoms with E-state index >= 15 is 0 Å². The van der Waals surface area contributed by atoms with Crippen molar-refractivity contribution in [3.05, 3.63) is 138 Å². The molecule has 1 aliphatic heterocycles. The van der Waals surface area contributed by atoms with Crippen molar-refractivity contribution in [2.24, 2.45) is 0 Å². The van der Waals surface area contributed by atoms with Crippen LogP contribution in [0.1, 0.15) is 16.7 Å². The number of aliphatic hydroxyl groups is 3. The molecule has 6 heteroatoms. The second kappa shape index (κ2) is 11.6. The molecule has 5 atom stereocenters. The Morgan fingerprint density at radius 3 is 1.49 bits per heavy atom. The molecule has 3 N–H and O–H groups in total. The molecule has 0 aliphatic carbocycles. The molecule has 0 bridgehead atoms. The van der Waals surface area contributed by atoms with E-state index in [-0.39, 0.29) is 6.61 Å². The van der Waals surface area contributed by atoms with E-state index in [2.05, 4.69) is 0 Å². The van der Waals surface area contributed by atoms with Gasteiger partial charge in [-0.05, 0) is 28.8 Å². The van der Waals surface area contributed by atoms with E-state index in [1.807, 2.05) is 121 Å². The molecule has 1 aliphatic rings. The minimum Gasteiger partial charge on any atom is -0.387 e. The second-order valence-electron chi connectivity index (χ2n) is 9.04. The van der Waals surface area contributed by atoms with E-state index in [1.165, 1.54) is 11.8 Å². The number of aliphatic hydroxyl groups excluding tert-OH is 3.